The van der Waals surface area contributed by atoms with Crippen LogP contribution in [0.2, 0.25) is 0 Å². The van der Waals surface area contributed by atoms with Crippen molar-refractivity contribution in [2.45, 2.75) is 38.1 Å². The lowest BCUT2D eigenvalue weighted by atomic mass is 9.97. The fourth-order valence-corrected chi connectivity index (χ4v) is 5.23. The Labute approximate surface area is 180 Å². The molecular weight excluding hydrogens is 418 g/mol. The van der Waals surface area contributed by atoms with Gasteiger partial charge in [0.2, 0.25) is 0 Å². The molecule has 3 aliphatic rings. The number of hydrogen-bond acceptors (Lipinski definition) is 7. The van der Waals surface area contributed by atoms with Crippen molar-refractivity contribution in [2.24, 2.45) is 27.0 Å². The van der Waals surface area contributed by atoms with Crippen molar-refractivity contribution in [3.63, 3.8) is 0 Å². The summed E-state index contributed by atoms with van der Waals surface area (Å²) in [4.78, 5) is 14.8. The molecule has 1 saturated carbocycles. The Morgan fingerprint density at radius 1 is 1.32 bits per heavy atom. The van der Waals surface area contributed by atoms with Crippen molar-refractivity contribution < 1.29 is 17.7 Å². The summed E-state index contributed by atoms with van der Waals surface area (Å²) in [5.74, 6) is -0.301. The van der Waals surface area contributed by atoms with Gasteiger partial charge in [-0.15, -0.1) is 0 Å². The number of aliphatic imine (C=N–C) groups is 2. The van der Waals surface area contributed by atoms with E-state index >= 15 is 0 Å². The summed E-state index contributed by atoms with van der Waals surface area (Å²) in [7, 11) is -4.02. The second kappa shape index (κ2) is 7.56. The molecule has 164 valence electrons. The zero-order valence-corrected chi connectivity index (χ0v) is 17.9. The summed E-state index contributed by atoms with van der Waals surface area (Å²) in [6, 6.07) is 8.44. The topological polar surface area (TPSA) is 133 Å². The summed E-state index contributed by atoms with van der Waals surface area (Å²) >= 11 is 0. The molecule has 0 spiro atoms. The summed E-state index contributed by atoms with van der Waals surface area (Å²) in [5, 5.41) is 16.5. The van der Waals surface area contributed by atoms with Crippen LogP contribution >= 0.6 is 0 Å². The van der Waals surface area contributed by atoms with Gasteiger partial charge in [0, 0.05) is 22.9 Å². The zero-order valence-electron chi connectivity index (χ0n) is 17.0. The number of aliphatic hydroxyl groups is 1. The number of nitrogens with two attached hydrogens (primary N) is 1. The molecule has 0 amide bonds. The van der Waals surface area contributed by atoms with Crippen LogP contribution in [0.25, 0.3) is 10.9 Å². The number of fused-ring (bicyclic) bond motifs is 2. The van der Waals surface area contributed by atoms with Gasteiger partial charge in [0.15, 0.2) is 0 Å². The Morgan fingerprint density at radius 3 is 2.97 bits per heavy atom. The average Bonchev–Trinajstić information content (AvgIpc) is 3.41. The van der Waals surface area contributed by atoms with E-state index < -0.39 is 16.4 Å². The van der Waals surface area contributed by atoms with E-state index in [1.807, 2.05) is 6.20 Å². The minimum atomic E-state index is -4.02. The number of aryl methyl sites for hydroxylation is 1. The van der Waals surface area contributed by atoms with Crippen molar-refractivity contribution in [1.29, 1.82) is 0 Å². The van der Waals surface area contributed by atoms with Crippen LogP contribution in [0.1, 0.15) is 24.1 Å². The zero-order chi connectivity index (χ0) is 21.8. The maximum Gasteiger partial charge on any atom is 0.333 e. The highest BCUT2D eigenvalue weighted by molar-refractivity contribution is 7.84. The number of H-pyrrole nitrogens is 1. The predicted molar refractivity (Wildman–Crippen MR) is 118 cm³/mol. The second-order valence-corrected chi connectivity index (χ2v) is 9.73. The molecule has 1 aromatic carbocycles. The van der Waals surface area contributed by atoms with Crippen LogP contribution in [0.4, 0.5) is 0 Å². The van der Waals surface area contributed by atoms with Gasteiger partial charge in [-0.05, 0) is 43.7 Å². The third-order valence-corrected chi connectivity index (χ3v) is 6.84. The van der Waals surface area contributed by atoms with Gasteiger partial charge in [0.1, 0.15) is 12.5 Å². The van der Waals surface area contributed by atoms with Crippen LogP contribution in [-0.4, -0.2) is 60.4 Å². The van der Waals surface area contributed by atoms with Crippen LogP contribution < -0.4 is 5.14 Å². The molecule has 0 bridgehead atoms. The highest BCUT2D eigenvalue weighted by Gasteiger charge is 2.43. The number of nitrogens with one attached hydrogen (secondary N) is 1. The molecule has 31 heavy (non-hydrogen) atoms. The number of hydrogen-bond donors (Lipinski definition) is 3. The molecule has 2 aliphatic heterocycles. The molecule has 10 heteroatoms. The lowest BCUT2D eigenvalue weighted by Crippen LogP contribution is -2.41. The molecule has 5 rings (SSSR count). The van der Waals surface area contributed by atoms with Crippen molar-refractivity contribution in [2.75, 3.05) is 6.61 Å². The van der Waals surface area contributed by atoms with Crippen molar-refractivity contribution >= 4 is 33.3 Å². The van der Waals surface area contributed by atoms with E-state index in [2.05, 4.69) is 57.1 Å². The molecule has 1 fully saturated rings. The van der Waals surface area contributed by atoms with Gasteiger partial charge in [-0.25, -0.2) is 15.1 Å². The number of rotatable bonds is 5. The molecule has 5 atom stereocenters. The van der Waals surface area contributed by atoms with E-state index in [0.29, 0.717) is 12.8 Å². The monoisotopic (exact) mass is 443 g/mol. The van der Waals surface area contributed by atoms with Crippen molar-refractivity contribution in [3.05, 3.63) is 47.8 Å². The first-order chi connectivity index (χ1) is 14.8. The number of aromatic amines is 1. The molecule has 1 aromatic heterocycles. The quantitative estimate of drug-likeness (QED) is 0.643. The first-order valence-corrected chi connectivity index (χ1v) is 11.8. The Balaban J connectivity index is 1.33. The van der Waals surface area contributed by atoms with Gasteiger partial charge in [0.05, 0.1) is 30.0 Å². The minimum Gasteiger partial charge on any atom is -0.393 e. The molecule has 9 nitrogen and oxygen atoms in total. The summed E-state index contributed by atoms with van der Waals surface area (Å²) in [6.45, 7) is 1.95. The minimum absolute atomic E-state index is 0.00368. The largest absolute Gasteiger partial charge is 0.393 e. The van der Waals surface area contributed by atoms with Crippen LogP contribution in [0, 0.1) is 18.8 Å². The van der Waals surface area contributed by atoms with Gasteiger partial charge in [-0.3, -0.25) is 4.18 Å². The predicted octanol–water partition coefficient (Wildman–Crippen LogP) is 1.44. The van der Waals surface area contributed by atoms with Crippen molar-refractivity contribution in [1.82, 2.24) is 9.88 Å². The maximum atomic E-state index is 11.1. The SMILES string of the molecule is Cc1ccc2cc(C3=NC=NC4C3C=CN4[C@@H]3C[C@@H](COS(N)(=O)=O)[C@@H](O)C3)[nH]c2c1. The van der Waals surface area contributed by atoms with E-state index in [1.54, 1.807) is 6.34 Å². The first kappa shape index (κ1) is 20.4. The third-order valence-electron chi connectivity index (χ3n) is 6.38. The molecule has 1 aliphatic carbocycles. The Kier molecular flexibility index (Phi) is 4.97. The first-order valence-electron chi connectivity index (χ1n) is 10.3. The molecule has 3 heterocycles. The van der Waals surface area contributed by atoms with Gasteiger partial charge >= 0.3 is 10.3 Å². The van der Waals surface area contributed by atoms with Crippen LogP contribution in [-0.2, 0) is 14.5 Å². The fourth-order valence-electron chi connectivity index (χ4n) is 4.86. The molecule has 2 unspecified atom stereocenters. The fraction of sp³-hybridized carbons (Fsp3) is 0.429. The Hall–Kier alpha value is -2.53. The highest BCUT2D eigenvalue weighted by Crippen LogP contribution is 2.38. The number of aliphatic hydroxyl groups excluding tert-OH is 1. The van der Waals surface area contributed by atoms with Crippen LogP contribution in [0.5, 0.6) is 0 Å². The summed E-state index contributed by atoms with van der Waals surface area (Å²) in [5.41, 5.74) is 4.17. The van der Waals surface area contributed by atoms with Gasteiger partial charge in [0.25, 0.3) is 0 Å². The van der Waals surface area contributed by atoms with Crippen LogP contribution in [0.3, 0.4) is 0 Å². The van der Waals surface area contributed by atoms with Crippen molar-refractivity contribution in [3.8, 4) is 0 Å². The van der Waals surface area contributed by atoms with E-state index in [-0.39, 0.29) is 30.7 Å². The van der Waals surface area contributed by atoms with E-state index in [4.69, 9.17) is 9.32 Å². The Bertz CT molecular complexity index is 1200. The maximum absolute atomic E-state index is 11.1. The lowest BCUT2D eigenvalue weighted by molar-refractivity contribution is 0.0994. The third kappa shape index (κ3) is 3.91. The summed E-state index contributed by atoms with van der Waals surface area (Å²) in [6.07, 6.45) is 6.02. The lowest BCUT2D eigenvalue weighted by Gasteiger charge is -2.33. The van der Waals surface area contributed by atoms with Gasteiger partial charge in [-0.2, -0.15) is 8.42 Å². The highest BCUT2D eigenvalue weighted by atomic mass is 32.2. The number of benzene rings is 1. The molecule has 0 saturated heterocycles. The molecule has 2 aromatic rings. The molecular formula is C21H25N5O4S. The van der Waals surface area contributed by atoms with Gasteiger partial charge < -0.3 is 15.0 Å². The molecule has 4 N–H and O–H groups in total. The smallest absolute Gasteiger partial charge is 0.333 e. The normalized spacial score (nSPS) is 30.2. The van der Waals surface area contributed by atoms with Crippen LogP contribution in [0.15, 0.2) is 46.5 Å². The molecule has 0 radical (unpaired) electrons. The number of aromatic nitrogens is 1. The number of nitrogens with zero attached hydrogens (tertiary/aromatic N) is 3. The standard InChI is InChI=1S/C21H25N5O4S/c1-12-2-3-13-8-18(25-17(13)6-12)20-16-4-5-26(21(16)24-11-23-20)15-7-14(19(27)9-15)10-30-31(22,28)29/h2-6,8,11,14-16,19,21,25,27H,7,9-10H2,1H3,(H2,22,28,29)/t14-,15+,16?,19-,21?/m0/s1. The van der Waals surface area contributed by atoms with Gasteiger partial charge in [-0.1, -0.05) is 18.2 Å². The Morgan fingerprint density at radius 2 is 2.16 bits per heavy atom. The second-order valence-electron chi connectivity index (χ2n) is 8.51. The van der Waals surface area contributed by atoms with E-state index in [0.717, 1.165) is 22.3 Å². The summed E-state index contributed by atoms with van der Waals surface area (Å²) < 4.78 is 26.9. The van der Waals surface area contributed by atoms with E-state index in [9.17, 15) is 13.5 Å². The average molecular weight is 444 g/mol. The van der Waals surface area contributed by atoms with E-state index in [1.165, 1.54) is 5.56 Å².